The van der Waals surface area contributed by atoms with Crippen molar-refractivity contribution in [1.82, 2.24) is 20.4 Å². The molecule has 2 heterocycles. The van der Waals surface area contributed by atoms with Gasteiger partial charge >= 0.3 is 0 Å². The van der Waals surface area contributed by atoms with Crippen LogP contribution in [0.1, 0.15) is 62.5 Å². The van der Waals surface area contributed by atoms with E-state index in [4.69, 9.17) is 0 Å². The van der Waals surface area contributed by atoms with E-state index in [0.717, 1.165) is 26.2 Å². The molecule has 28 heavy (non-hydrogen) atoms. The number of hydrogen-bond donors (Lipinski definition) is 2. The van der Waals surface area contributed by atoms with Gasteiger partial charge in [0.25, 0.3) is 0 Å². The molecule has 1 aromatic rings. The summed E-state index contributed by atoms with van der Waals surface area (Å²) in [5.41, 5.74) is 2.79. The molecule has 0 unspecified atom stereocenters. The van der Waals surface area contributed by atoms with Gasteiger partial charge < -0.3 is 20.4 Å². The van der Waals surface area contributed by atoms with E-state index >= 15 is 0 Å². The van der Waals surface area contributed by atoms with Gasteiger partial charge in [-0.1, -0.05) is 37.1 Å². The molecule has 2 fully saturated rings. The first-order valence-corrected chi connectivity index (χ1v) is 11.8. The summed E-state index contributed by atoms with van der Waals surface area (Å²) in [6.07, 6.45) is 11.0. The minimum Gasteiger partial charge on any atom is -0.313 e. The SMILES string of the molecule is c1cc(CNCCCN2CCCCC2)ccc1CNCCCN1CCCCC1. The van der Waals surface area contributed by atoms with Gasteiger partial charge in [-0.3, -0.25) is 0 Å². The second-order valence-electron chi connectivity index (χ2n) is 8.68. The minimum absolute atomic E-state index is 0.990. The fourth-order valence-corrected chi connectivity index (χ4v) is 4.46. The predicted molar refractivity (Wildman–Crippen MR) is 120 cm³/mol. The van der Waals surface area contributed by atoms with Gasteiger partial charge in [0.2, 0.25) is 0 Å². The highest BCUT2D eigenvalue weighted by atomic mass is 15.1. The van der Waals surface area contributed by atoms with Crippen LogP contribution in [-0.2, 0) is 13.1 Å². The first kappa shape index (κ1) is 21.8. The van der Waals surface area contributed by atoms with E-state index in [0.29, 0.717) is 0 Å². The minimum atomic E-state index is 0.990. The number of nitrogens with one attached hydrogen (secondary N) is 2. The molecule has 4 nitrogen and oxygen atoms in total. The van der Waals surface area contributed by atoms with Crippen molar-refractivity contribution in [3.8, 4) is 0 Å². The fraction of sp³-hybridized carbons (Fsp3) is 0.750. The third-order valence-corrected chi connectivity index (χ3v) is 6.23. The van der Waals surface area contributed by atoms with E-state index in [2.05, 4.69) is 44.7 Å². The molecular formula is C24H42N4. The molecule has 158 valence electrons. The number of likely N-dealkylation sites (tertiary alicyclic amines) is 2. The molecule has 2 aliphatic heterocycles. The number of piperidine rings is 2. The Labute approximate surface area is 173 Å². The van der Waals surface area contributed by atoms with Crippen LogP contribution in [-0.4, -0.2) is 62.2 Å². The van der Waals surface area contributed by atoms with Gasteiger partial charge in [0.15, 0.2) is 0 Å². The van der Waals surface area contributed by atoms with Crippen LogP contribution in [0, 0.1) is 0 Å². The van der Waals surface area contributed by atoms with Crippen LogP contribution in [0.2, 0.25) is 0 Å². The summed E-state index contributed by atoms with van der Waals surface area (Å²) >= 11 is 0. The lowest BCUT2D eigenvalue weighted by Crippen LogP contribution is -2.32. The molecule has 0 aliphatic carbocycles. The summed E-state index contributed by atoms with van der Waals surface area (Å²) in [5.74, 6) is 0. The highest BCUT2D eigenvalue weighted by Gasteiger charge is 2.09. The van der Waals surface area contributed by atoms with Crippen molar-refractivity contribution >= 4 is 0 Å². The highest BCUT2D eigenvalue weighted by Crippen LogP contribution is 2.09. The molecule has 0 radical (unpaired) electrons. The zero-order chi connectivity index (χ0) is 19.3. The quantitative estimate of drug-likeness (QED) is 0.537. The maximum absolute atomic E-state index is 3.60. The highest BCUT2D eigenvalue weighted by molar-refractivity contribution is 5.22. The lowest BCUT2D eigenvalue weighted by atomic mass is 10.1. The van der Waals surface area contributed by atoms with Crippen molar-refractivity contribution in [2.24, 2.45) is 0 Å². The Morgan fingerprint density at radius 2 is 0.964 bits per heavy atom. The molecular weight excluding hydrogens is 344 g/mol. The molecule has 2 saturated heterocycles. The molecule has 0 atom stereocenters. The number of rotatable bonds is 12. The lowest BCUT2D eigenvalue weighted by Gasteiger charge is -2.26. The Hall–Kier alpha value is -0.940. The van der Waals surface area contributed by atoms with E-state index in [1.54, 1.807) is 0 Å². The topological polar surface area (TPSA) is 30.5 Å². The third-order valence-electron chi connectivity index (χ3n) is 6.23. The van der Waals surface area contributed by atoms with Crippen molar-refractivity contribution < 1.29 is 0 Å². The summed E-state index contributed by atoms with van der Waals surface area (Å²) in [6, 6.07) is 9.12. The molecule has 0 amide bonds. The Morgan fingerprint density at radius 1 is 0.571 bits per heavy atom. The molecule has 0 spiro atoms. The fourth-order valence-electron chi connectivity index (χ4n) is 4.46. The molecule has 3 rings (SSSR count). The molecule has 0 aromatic heterocycles. The Bertz CT molecular complexity index is 457. The third kappa shape index (κ3) is 8.60. The second-order valence-corrected chi connectivity index (χ2v) is 8.68. The molecule has 2 N–H and O–H groups in total. The number of benzene rings is 1. The average Bonchev–Trinajstić information content (AvgIpc) is 2.76. The van der Waals surface area contributed by atoms with Gasteiger partial charge in [-0.15, -0.1) is 0 Å². The number of nitrogens with zero attached hydrogens (tertiary/aromatic N) is 2. The molecule has 1 aromatic carbocycles. The predicted octanol–water partition coefficient (Wildman–Crippen LogP) is 3.62. The van der Waals surface area contributed by atoms with E-state index in [-0.39, 0.29) is 0 Å². The molecule has 4 heteroatoms. The van der Waals surface area contributed by atoms with Crippen LogP contribution >= 0.6 is 0 Å². The maximum Gasteiger partial charge on any atom is 0.0205 e. The second kappa shape index (κ2) is 13.3. The van der Waals surface area contributed by atoms with Gasteiger partial charge in [0, 0.05) is 13.1 Å². The van der Waals surface area contributed by atoms with Gasteiger partial charge in [-0.2, -0.15) is 0 Å². The van der Waals surface area contributed by atoms with Crippen LogP contribution < -0.4 is 10.6 Å². The van der Waals surface area contributed by atoms with Gasteiger partial charge in [-0.25, -0.2) is 0 Å². The Kier molecular flexibility index (Phi) is 10.3. The van der Waals surface area contributed by atoms with Crippen molar-refractivity contribution in [3.05, 3.63) is 35.4 Å². The largest absolute Gasteiger partial charge is 0.313 e. The summed E-state index contributed by atoms with van der Waals surface area (Å²) in [4.78, 5) is 5.25. The van der Waals surface area contributed by atoms with E-state index in [9.17, 15) is 0 Å². The normalized spacial score (nSPS) is 19.1. The van der Waals surface area contributed by atoms with Crippen molar-refractivity contribution in [2.75, 3.05) is 52.4 Å². The van der Waals surface area contributed by atoms with Crippen molar-refractivity contribution in [3.63, 3.8) is 0 Å². The van der Waals surface area contributed by atoms with Crippen LogP contribution in [0.5, 0.6) is 0 Å². The van der Waals surface area contributed by atoms with E-state index in [1.807, 2.05) is 0 Å². The van der Waals surface area contributed by atoms with Crippen LogP contribution in [0.15, 0.2) is 24.3 Å². The Balaban J connectivity index is 1.19. The smallest absolute Gasteiger partial charge is 0.0205 e. The summed E-state index contributed by atoms with van der Waals surface area (Å²) in [7, 11) is 0. The zero-order valence-electron chi connectivity index (χ0n) is 17.9. The summed E-state index contributed by atoms with van der Waals surface area (Å²) in [6.45, 7) is 12.0. The monoisotopic (exact) mass is 386 g/mol. The van der Waals surface area contributed by atoms with Gasteiger partial charge in [0.1, 0.15) is 0 Å². The van der Waals surface area contributed by atoms with Crippen molar-refractivity contribution in [2.45, 2.75) is 64.5 Å². The summed E-state index contributed by atoms with van der Waals surface area (Å²) < 4.78 is 0. The molecule has 0 saturated carbocycles. The Morgan fingerprint density at radius 3 is 1.36 bits per heavy atom. The summed E-state index contributed by atoms with van der Waals surface area (Å²) in [5, 5.41) is 7.21. The zero-order valence-corrected chi connectivity index (χ0v) is 17.9. The first-order chi connectivity index (χ1) is 13.9. The van der Waals surface area contributed by atoms with Gasteiger partial charge in [0.05, 0.1) is 0 Å². The molecule has 2 aliphatic rings. The van der Waals surface area contributed by atoms with Crippen molar-refractivity contribution in [1.29, 1.82) is 0 Å². The number of hydrogen-bond acceptors (Lipinski definition) is 4. The lowest BCUT2D eigenvalue weighted by molar-refractivity contribution is 0.225. The standard InChI is InChI=1S/C24H42N4/c1-3-15-27(16-4-1)19-7-13-25-21-23-9-11-24(12-10-23)22-26-14-8-20-28-17-5-2-6-18-28/h9-12,25-26H,1-8,13-22H2. The first-order valence-electron chi connectivity index (χ1n) is 11.8. The van der Waals surface area contributed by atoms with Crippen LogP contribution in [0.3, 0.4) is 0 Å². The van der Waals surface area contributed by atoms with Crippen LogP contribution in [0.4, 0.5) is 0 Å². The average molecular weight is 387 g/mol. The maximum atomic E-state index is 3.60. The van der Waals surface area contributed by atoms with Gasteiger partial charge in [-0.05, 0) is 102 Å². The van der Waals surface area contributed by atoms with Crippen LogP contribution in [0.25, 0.3) is 0 Å². The van der Waals surface area contributed by atoms with E-state index < -0.39 is 0 Å². The van der Waals surface area contributed by atoms with E-state index in [1.165, 1.54) is 102 Å². The molecule has 0 bridgehead atoms.